The summed E-state index contributed by atoms with van der Waals surface area (Å²) in [5.41, 5.74) is 7.48. The molecule has 1 heterocycles. The summed E-state index contributed by atoms with van der Waals surface area (Å²) in [6.45, 7) is 1.27. The van der Waals surface area contributed by atoms with Crippen molar-refractivity contribution >= 4 is 11.6 Å². The van der Waals surface area contributed by atoms with Crippen LogP contribution in [0.2, 0.25) is 5.02 Å². The lowest BCUT2D eigenvalue weighted by Gasteiger charge is -2.00. The molecule has 0 unspecified atom stereocenters. The lowest BCUT2D eigenvalue weighted by atomic mass is 10.2. The fourth-order valence-corrected chi connectivity index (χ4v) is 1.71. The Morgan fingerprint density at radius 3 is 3.00 bits per heavy atom. The molecular formula is C11H13ClN4. The standard InChI is InChI=1S/C11H13ClN4/c12-10-3-1-2-9(6-10)7-16-8-11(4-5-13)14-15-16/h1-3,6,8H,4-5,7,13H2. The van der Waals surface area contributed by atoms with E-state index in [4.69, 9.17) is 17.3 Å². The van der Waals surface area contributed by atoms with Gasteiger partial charge in [-0.3, -0.25) is 0 Å². The first-order chi connectivity index (χ1) is 7.78. The van der Waals surface area contributed by atoms with Gasteiger partial charge in [-0.2, -0.15) is 0 Å². The van der Waals surface area contributed by atoms with Gasteiger partial charge in [-0.15, -0.1) is 5.10 Å². The SMILES string of the molecule is NCCc1cn(Cc2cccc(Cl)c2)nn1. The average molecular weight is 237 g/mol. The van der Waals surface area contributed by atoms with E-state index in [2.05, 4.69) is 10.3 Å². The zero-order valence-electron chi connectivity index (χ0n) is 8.81. The van der Waals surface area contributed by atoms with Crippen LogP contribution in [-0.2, 0) is 13.0 Å². The molecule has 1 aromatic carbocycles. The molecule has 0 saturated carbocycles. The molecule has 0 radical (unpaired) electrons. The van der Waals surface area contributed by atoms with Crippen LogP contribution in [0.15, 0.2) is 30.5 Å². The van der Waals surface area contributed by atoms with Gasteiger partial charge in [-0.25, -0.2) is 4.68 Å². The molecule has 0 amide bonds. The Hall–Kier alpha value is -1.39. The molecule has 0 bridgehead atoms. The Morgan fingerprint density at radius 2 is 2.25 bits per heavy atom. The van der Waals surface area contributed by atoms with Gasteiger partial charge in [0.2, 0.25) is 0 Å². The van der Waals surface area contributed by atoms with Gasteiger partial charge in [0.15, 0.2) is 0 Å². The second-order valence-corrected chi connectivity index (χ2v) is 4.01. The van der Waals surface area contributed by atoms with Gasteiger partial charge in [-0.1, -0.05) is 28.9 Å². The molecule has 84 valence electrons. The quantitative estimate of drug-likeness (QED) is 0.875. The molecule has 1 aromatic heterocycles. The fourth-order valence-electron chi connectivity index (χ4n) is 1.50. The minimum absolute atomic E-state index is 0.593. The summed E-state index contributed by atoms with van der Waals surface area (Å²) in [6, 6.07) is 7.71. The van der Waals surface area contributed by atoms with Crippen molar-refractivity contribution in [2.75, 3.05) is 6.54 Å². The smallest absolute Gasteiger partial charge is 0.0839 e. The van der Waals surface area contributed by atoms with Gasteiger partial charge >= 0.3 is 0 Å². The molecule has 0 saturated heterocycles. The van der Waals surface area contributed by atoms with Crippen molar-refractivity contribution in [3.63, 3.8) is 0 Å². The first kappa shape index (κ1) is 11.1. The molecule has 0 aliphatic carbocycles. The third-order valence-corrected chi connectivity index (χ3v) is 2.46. The van der Waals surface area contributed by atoms with Gasteiger partial charge in [0.25, 0.3) is 0 Å². The number of hydrogen-bond acceptors (Lipinski definition) is 3. The molecule has 2 N–H and O–H groups in total. The van der Waals surface area contributed by atoms with E-state index >= 15 is 0 Å². The molecule has 16 heavy (non-hydrogen) atoms. The summed E-state index contributed by atoms with van der Waals surface area (Å²) in [4.78, 5) is 0. The number of aromatic nitrogens is 3. The Bertz CT molecular complexity index is 467. The predicted molar refractivity (Wildman–Crippen MR) is 63.3 cm³/mol. The Kier molecular flexibility index (Phi) is 3.54. The van der Waals surface area contributed by atoms with Crippen molar-refractivity contribution in [1.82, 2.24) is 15.0 Å². The van der Waals surface area contributed by atoms with Gasteiger partial charge in [0.05, 0.1) is 12.2 Å². The first-order valence-corrected chi connectivity index (χ1v) is 5.49. The topological polar surface area (TPSA) is 56.7 Å². The molecular weight excluding hydrogens is 224 g/mol. The van der Waals surface area contributed by atoms with Gasteiger partial charge in [-0.05, 0) is 24.2 Å². The van der Waals surface area contributed by atoms with E-state index in [1.807, 2.05) is 30.5 Å². The minimum atomic E-state index is 0.593. The summed E-state index contributed by atoms with van der Waals surface area (Å²) in [5.74, 6) is 0. The molecule has 0 fully saturated rings. The van der Waals surface area contributed by atoms with Crippen molar-refractivity contribution in [2.24, 2.45) is 5.73 Å². The number of benzene rings is 1. The van der Waals surface area contributed by atoms with E-state index < -0.39 is 0 Å². The fraction of sp³-hybridized carbons (Fsp3) is 0.273. The monoisotopic (exact) mass is 236 g/mol. The number of hydrogen-bond donors (Lipinski definition) is 1. The summed E-state index contributed by atoms with van der Waals surface area (Å²) in [5, 5.41) is 8.79. The lowest BCUT2D eigenvalue weighted by Crippen LogP contribution is -2.02. The van der Waals surface area contributed by atoms with Crippen molar-refractivity contribution in [2.45, 2.75) is 13.0 Å². The normalized spacial score (nSPS) is 10.6. The van der Waals surface area contributed by atoms with Crippen molar-refractivity contribution in [3.8, 4) is 0 Å². The zero-order chi connectivity index (χ0) is 11.4. The minimum Gasteiger partial charge on any atom is -0.330 e. The third kappa shape index (κ3) is 2.81. The van der Waals surface area contributed by atoms with Crippen LogP contribution in [0.1, 0.15) is 11.3 Å². The van der Waals surface area contributed by atoms with Crippen LogP contribution in [-0.4, -0.2) is 21.5 Å². The zero-order valence-corrected chi connectivity index (χ0v) is 9.56. The molecule has 0 aliphatic heterocycles. The molecule has 4 nitrogen and oxygen atoms in total. The van der Waals surface area contributed by atoms with Crippen LogP contribution < -0.4 is 5.73 Å². The number of nitrogens with two attached hydrogens (primary N) is 1. The lowest BCUT2D eigenvalue weighted by molar-refractivity contribution is 0.649. The summed E-state index contributed by atoms with van der Waals surface area (Å²) in [6.07, 6.45) is 2.67. The number of nitrogens with zero attached hydrogens (tertiary/aromatic N) is 3. The van der Waals surface area contributed by atoms with Crippen LogP contribution in [0.25, 0.3) is 0 Å². The van der Waals surface area contributed by atoms with Gasteiger partial charge in [0, 0.05) is 17.6 Å². The van der Waals surface area contributed by atoms with Crippen LogP contribution in [0.3, 0.4) is 0 Å². The van der Waals surface area contributed by atoms with E-state index in [9.17, 15) is 0 Å². The van der Waals surface area contributed by atoms with Crippen LogP contribution in [0.4, 0.5) is 0 Å². The highest BCUT2D eigenvalue weighted by molar-refractivity contribution is 6.30. The van der Waals surface area contributed by atoms with Crippen LogP contribution in [0, 0.1) is 0 Å². The molecule has 0 aliphatic rings. The summed E-state index contributed by atoms with van der Waals surface area (Å²) in [7, 11) is 0. The Morgan fingerprint density at radius 1 is 1.38 bits per heavy atom. The first-order valence-electron chi connectivity index (χ1n) is 5.11. The van der Waals surface area contributed by atoms with E-state index in [1.165, 1.54) is 0 Å². The van der Waals surface area contributed by atoms with Gasteiger partial charge in [0.1, 0.15) is 0 Å². The maximum atomic E-state index is 5.90. The van der Waals surface area contributed by atoms with Crippen molar-refractivity contribution in [3.05, 3.63) is 46.7 Å². The maximum Gasteiger partial charge on any atom is 0.0839 e. The molecule has 0 atom stereocenters. The Balaban J connectivity index is 2.08. The van der Waals surface area contributed by atoms with Gasteiger partial charge < -0.3 is 5.73 Å². The molecule has 2 rings (SSSR count). The van der Waals surface area contributed by atoms with Crippen molar-refractivity contribution in [1.29, 1.82) is 0 Å². The van der Waals surface area contributed by atoms with Crippen LogP contribution >= 0.6 is 11.6 Å². The summed E-state index contributed by atoms with van der Waals surface area (Å²) >= 11 is 5.90. The van der Waals surface area contributed by atoms with Crippen LogP contribution in [0.5, 0.6) is 0 Å². The number of rotatable bonds is 4. The Labute approximate surface area is 99.0 Å². The van der Waals surface area contributed by atoms with E-state index in [0.717, 1.165) is 22.7 Å². The molecule has 2 aromatic rings. The molecule has 0 spiro atoms. The summed E-state index contributed by atoms with van der Waals surface area (Å²) < 4.78 is 1.79. The average Bonchev–Trinajstić information content (AvgIpc) is 2.66. The number of halogens is 1. The third-order valence-electron chi connectivity index (χ3n) is 2.22. The highest BCUT2D eigenvalue weighted by atomic mass is 35.5. The highest BCUT2D eigenvalue weighted by Crippen LogP contribution is 2.11. The van der Waals surface area contributed by atoms with E-state index in [0.29, 0.717) is 13.1 Å². The maximum absolute atomic E-state index is 5.90. The molecule has 5 heteroatoms. The predicted octanol–water partition coefficient (Wildman–Crippen LogP) is 1.48. The van der Waals surface area contributed by atoms with Crippen molar-refractivity contribution < 1.29 is 0 Å². The van der Waals surface area contributed by atoms with E-state index in [-0.39, 0.29) is 0 Å². The second-order valence-electron chi connectivity index (χ2n) is 3.58. The van der Waals surface area contributed by atoms with E-state index in [1.54, 1.807) is 4.68 Å². The second kappa shape index (κ2) is 5.09. The highest BCUT2D eigenvalue weighted by Gasteiger charge is 2.01. The largest absolute Gasteiger partial charge is 0.330 e.